The molecule has 2 aromatic rings. The number of hydrogen-bond acceptors (Lipinski definition) is 4. The average molecular weight is 342 g/mol. The maximum Gasteiger partial charge on any atom is 0.253 e. The highest BCUT2D eigenvalue weighted by Crippen LogP contribution is 2.15. The van der Waals surface area contributed by atoms with E-state index in [0.29, 0.717) is 25.4 Å². The summed E-state index contributed by atoms with van der Waals surface area (Å²) in [4.78, 5) is 23.9. The van der Waals surface area contributed by atoms with Gasteiger partial charge in [0.25, 0.3) is 5.91 Å². The first-order valence-electron chi connectivity index (χ1n) is 8.34. The Labute approximate surface area is 146 Å². The van der Waals surface area contributed by atoms with E-state index >= 15 is 0 Å². The van der Waals surface area contributed by atoms with Crippen LogP contribution in [0.2, 0.25) is 0 Å². The van der Waals surface area contributed by atoms with E-state index in [4.69, 9.17) is 9.47 Å². The van der Waals surface area contributed by atoms with Gasteiger partial charge in [0, 0.05) is 25.9 Å². The minimum Gasteiger partial charge on any atom is -0.379 e. The van der Waals surface area contributed by atoms with E-state index in [2.05, 4.69) is 5.32 Å². The molecule has 1 aliphatic heterocycles. The van der Waals surface area contributed by atoms with E-state index in [-0.39, 0.29) is 23.6 Å². The summed E-state index contributed by atoms with van der Waals surface area (Å²) in [6, 6.07) is 12.6. The third-order valence-corrected chi connectivity index (χ3v) is 4.26. The number of amides is 1. The van der Waals surface area contributed by atoms with E-state index in [9.17, 15) is 9.59 Å². The smallest absolute Gasteiger partial charge is 0.253 e. The molecule has 2 atom stereocenters. The summed E-state index contributed by atoms with van der Waals surface area (Å²) in [5, 5.41) is 2.96. The van der Waals surface area contributed by atoms with Gasteiger partial charge >= 0.3 is 0 Å². The van der Waals surface area contributed by atoms with Gasteiger partial charge in [0.15, 0.2) is 0 Å². The lowest BCUT2D eigenvalue weighted by atomic mass is 10.1. The molecule has 25 heavy (non-hydrogen) atoms. The minimum atomic E-state index is -0.237. The lowest BCUT2D eigenvalue weighted by Crippen LogP contribution is -2.50. The van der Waals surface area contributed by atoms with E-state index in [1.807, 2.05) is 30.3 Å². The fraction of sp³-hybridized carbons (Fsp3) is 0.368. The van der Waals surface area contributed by atoms with E-state index in [1.54, 1.807) is 7.05 Å². The molecule has 3 rings (SSSR count). The van der Waals surface area contributed by atoms with Gasteiger partial charge in [-0.15, -0.1) is 0 Å². The Hall–Kier alpha value is -2.44. The number of pyridine rings is 1. The Morgan fingerprint density at radius 1 is 1.28 bits per heavy atom. The molecule has 1 saturated heterocycles. The summed E-state index contributed by atoms with van der Waals surface area (Å²) >= 11 is 0. The van der Waals surface area contributed by atoms with Crippen molar-refractivity contribution in [2.45, 2.75) is 25.2 Å². The van der Waals surface area contributed by atoms with Crippen LogP contribution < -0.4 is 10.9 Å². The molecule has 0 aliphatic carbocycles. The summed E-state index contributed by atoms with van der Waals surface area (Å²) in [6.45, 7) is 1.53. The highest BCUT2D eigenvalue weighted by atomic mass is 16.5. The van der Waals surface area contributed by atoms with E-state index in [0.717, 1.165) is 12.0 Å². The van der Waals surface area contributed by atoms with Crippen LogP contribution in [0.1, 0.15) is 22.3 Å². The molecule has 1 amide bonds. The maximum absolute atomic E-state index is 12.5. The molecular formula is C19H22N2O4. The van der Waals surface area contributed by atoms with E-state index < -0.39 is 0 Å². The lowest BCUT2D eigenvalue weighted by Gasteiger charge is -2.32. The zero-order valence-corrected chi connectivity index (χ0v) is 14.2. The van der Waals surface area contributed by atoms with Crippen molar-refractivity contribution in [1.29, 1.82) is 0 Å². The van der Waals surface area contributed by atoms with Gasteiger partial charge in [-0.2, -0.15) is 0 Å². The van der Waals surface area contributed by atoms with Crippen molar-refractivity contribution >= 4 is 5.91 Å². The summed E-state index contributed by atoms with van der Waals surface area (Å²) in [7, 11) is 1.62. The predicted octanol–water partition coefficient (Wildman–Crippen LogP) is 1.49. The molecule has 1 aromatic heterocycles. The fourth-order valence-electron chi connectivity index (χ4n) is 2.81. The summed E-state index contributed by atoms with van der Waals surface area (Å²) < 4.78 is 12.9. The van der Waals surface area contributed by atoms with E-state index in [1.165, 1.54) is 22.9 Å². The molecule has 0 saturated carbocycles. The summed E-state index contributed by atoms with van der Waals surface area (Å²) in [6.07, 6.45) is 2.15. The Bertz CT molecular complexity index is 772. The number of carbonyl (C=O) groups is 1. The minimum absolute atomic E-state index is 0.106. The van der Waals surface area contributed by atoms with Gasteiger partial charge in [-0.05, 0) is 18.1 Å². The SMILES string of the molecule is Cn1cc(C(=O)N[C@@H]2COCC[C@@H]2OCc2ccccc2)ccc1=O. The van der Waals surface area contributed by atoms with Crippen LogP contribution >= 0.6 is 0 Å². The number of rotatable bonds is 5. The van der Waals surface area contributed by atoms with Gasteiger partial charge in [0.2, 0.25) is 5.56 Å². The van der Waals surface area contributed by atoms with Gasteiger partial charge in [0.1, 0.15) is 0 Å². The zero-order valence-electron chi connectivity index (χ0n) is 14.2. The lowest BCUT2D eigenvalue weighted by molar-refractivity contribution is -0.0605. The molecule has 1 fully saturated rings. The number of ether oxygens (including phenoxy) is 2. The third kappa shape index (κ3) is 4.55. The Morgan fingerprint density at radius 2 is 2.08 bits per heavy atom. The van der Waals surface area contributed by atoms with Crippen molar-refractivity contribution in [1.82, 2.24) is 9.88 Å². The Balaban J connectivity index is 1.63. The van der Waals surface area contributed by atoms with Crippen LogP contribution in [0.25, 0.3) is 0 Å². The van der Waals surface area contributed by atoms with Crippen molar-refractivity contribution in [3.05, 3.63) is 70.1 Å². The van der Waals surface area contributed by atoms with Gasteiger partial charge in [-0.3, -0.25) is 9.59 Å². The third-order valence-electron chi connectivity index (χ3n) is 4.26. The molecule has 0 spiro atoms. The average Bonchev–Trinajstić information content (AvgIpc) is 2.64. The van der Waals surface area contributed by atoms with Crippen molar-refractivity contribution < 1.29 is 14.3 Å². The molecule has 6 heteroatoms. The van der Waals surface area contributed by atoms with Crippen molar-refractivity contribution in [3.8, 4) is 0 Å². The summed E-state index contributed by atoms with van der Waals surface area (Å²) in [5.41, 5.74) is 1.38. The monoisotopic (exact) mass is 342 g/mol. The number of benzene rings is 1. The van der Waals surface area contributed by atoms with Gasteiger partial charge < -0.3 is 19.4 Å². The molecule has 1 N–H and O–H groups in total. The number of nitrogens with one attached hydrogen (secondary N) is 1. The van der Waals surface area contributed by atoms with Crippen LogP contribution in [0.4, 0.5) is 0 Å². The largest absolute Gasteiger partial charge is 0.379 e. The predicted molar refractivity (Wildman–Crippen MR) is 93.4 cm³/mol. The van der Waals surface area contributed by atoms with Gasteiger partial charge in [-0.25, -0.2) is 0 Å². The van der Waals surface area contributed by atoms with Crippen LogP contribution in [0.3, 0.4) is 0 Å². The van der Waals surface area contributed by atoms with Crippen LogP contribution in [0.5, 0.6) is 0 Å². The first-order valence-corrected chi connectivity index (χ1v) is 8.34. The number of hydrogen-bond donors (Lipinski definition) is 1. The highest BCUT2D eigenvalue weighted by molar-refractivity contribution is 5.94. The molecule has 0 bridgehead atoms. The number of aromatic nitrogens is 1. The zero-order chi connectivity index (χ0) is 17.6. The highest BCUT2D eigenvalue weighted by Gasteiger charge is 2.28. The van der Waals surface area contributed by atoms with Gasteiger partial charge in [-0.1, -0.05) is 30.3 Å². The molecule has 2 heterocycles. The first-order chi connectivity index (χ1) is 12.1. The maximum atomic E-state index is 12.5. The molecule has 132 valence electrons. The second-order valence-electron chi connectivity index (χ2n) is 6.15. The normalized spacial score (nSPS) is 20.2. The number of nitrogens with zero attached hydrogens (tertiary/aromatic N) is 1. The molecule has 0 unspecified atom stereocenters. The molecule has 1 aliphatic rings. The number of aryl methyl sites for hydroxylation is 1. The quantitative estimate of drug-likeness (QED) is 0.894. The molecule has 6 nitrogen and oxygen atoms in total. The van der Waals surface area contributed by atoms with Gasteiger partial charge in [0.05, 0.1) is 30.9 Å². The fourth-order valence-corrected chi connectivity index (χ4v) is 2.81. The van der Waals surface area contributed by atoms with Crippen molar-refractivity contribution in [3.63, 3.8) is 0 Å². The second-order valence-corrected chi connectivity index (χ2v) is 6.15. The van der Waals surface area contributed by atoms with Crippen molar-refractivity contribution in [2.24, 2.45) is 7.05 Å². The Kier molecular flexibility index (Phi) is 5.63. The molecular weight excluding hydrogens is 320 g/mol. The summed E-state index contributed by atoms with van der Waals surface area (Å²) in [5.74, 6) is -0.237. The van der Waals surface area contributed by atoms with Crippen LogP contribution in [-0.4, -0.2) is 35.8 Å². The molecule has 1 aromatic carbocycles. The van der Waals surface area contributed by atoms with Crippen LogP contribution in [-0.2, 0) is 23.1 Å². The van der Waals surface area contributed by atoms with Crippen LogP contribution in [0.15, 0.2) is 53.5 Å². The number of carbonyl (C=O) groups excluding carboxylic acids is 1. The Morgan fingerprint density at radius 3 is 2.84 bits per heavy atom. The van der Waals surface area contributed by atoms with Crippen LogP contribution in [0, 0.1) is 0 Å². The first kappa shape index (κ1) is 17.4. The standard InChI is InChI=1S/C19H22N2O4/c1-21-11-15(7-8-18(21)22)19(23)20-16-13-24-10-9-17(16)25-12-14-5-3-2-4-6-14/h2-8,11,16-17H,9-10,12-13H2,1H3,(H,20,23)/t16-,17+/m1/s1. The second kappa shape index (κ2) is 8.09. The molecule has 0 radical (unpaired) electrons. The topological polar surface area (TPSA) is 69.6 Å². The van der Waals surface area contributed by atoms with Crippen molar-refractivity contribution in [2.75, 3.05) is 13.2 Å².